The minimum atomic E-state index is 0. The van der Waals surface area contributed by atoms with Crippen molar-refractivity contribution in [1.29, 1.82) is 0 Å². The van der Waals surface area contributed by atoms with Crippen molar-refractivity contribution in [2.45, 2.75) is 35.1 Å². The van der Waals surface area contributed by atoms with E-state index < -0.39 is 0 Å². The molecule has 1 nitrogen and oxygen atoms in total. The molecule has 0 aliphatic rings. The first-order valence-electron chi connectivity index (χ1n) is 3.76. The Bertz CT molecular complexity index is 132. The van der Waals surface area contributed by atoms with E-state index in [0.29, 0.717) is 5.92 Å². The van der Waals surface area contributed by atoms with Crippen LogP contribution in [0.2, 0.25) is 0 Å². The first-order chi connectivity index (χ1) is 4.54. The molecule has 0 amide bonds. The molecule has 0 N–H and O–H groups in total. The molecule has 11 heavy (non-hydrogen) atoms. The van der Waals surface area contributed by atoms with Crippen molar-refractivity contribution in [2.24, 2.45) is 11.8 Å². The van der Waals surface area contributed by atoms with Crippen LogP contribution < -0.4 is 0 Å². The van der Waals surface area contributed by atoms with Gasteiger partial charge in [-0.3, -0.25) is 4.79 Å². The van der Waals surface area contributed by atoms with Crippen molar-refractivity contribution in [3.63, 3.8) is 0 Å². The Kier molecular flexibility index (Phi) is 7.28. The second-order valence-corrected chi connectivity index (χ2v) is 3.16. The summed E-state index contributed by atoms with van der Waals surface area (Å²) in [5, 5.41) is 0. The van der Waals surface area contributed by atoms with Gasteiger partial charge in [-0.25, -0.2) is 0 Å². The van der Waals surface area contributed by atoms with Crippen LogP contribution in [0.3, 0.4) is 0 Å². The molecule has 0 atom stereocenters. The maximum Gasteiger partial charge on any atom is 0.157 e. The largest absolute Gasteiger partial charge is 0.295 e. The summed E-state index contributed by atoms with van der Waals surface area (Å²) >= 11 is 0. The lowest BCUT2D eigenvalue weighted by Crippen LogP contribution is -2.02. The number of hydrogen-bond acceptors (Lipinski definition) is 1. The van der Waals surface area contributed by atoms with Gasteiger partial charge in [0.2, 0.25) is 0 Å². The zero-order valence-electron chi connectivity index (χ0n) is 7.22. The van der Waals surface area contributed by atoms with Gasteiger partial charge < -0.3 is 0 Å². The van der Waals surface area contributed by atoms with E-state index in [9.17, 15) is 4.79 Å². The van der Waals surface area contributed by atoms with Gasteiger partial charge in [-0.05, 0) is 12.0 Å². The van der Waals surface area contributed by atoms with Crippen LogP contribution in [0.25, 0.3) is 0 Å². The van der Waals surface area contributed by atoms with Crippen LogP contribution in [0.5, 0.6) is 0 Å². The molecule has 0 saturated heterocycles. The van der Waals surface area contributed by atoms with Gasteiger partial charge in [0.05, 0.1) is 0 Å². The summed E-state index contributed by atoms with van der Waals surface area (Å²) in [7, 11) is 0. The van der Waals surface area contributed by atoms with Crippen molar-refractivity contribution in [3.8, 4) is 0 Å². The van der Waals surface area contributed by atoms with Crippen LogP contribution in [0.1, 0.15) is 35.1 Å². The lowest BCUT2D eigenvalue weighted by atomic mass is 10.1. The fraction of sp³-hybridized carbons (Fsp3) is 0.700. The molecule has 0 bridgehead atoms. The summed E-state index contributed by atoms with van der Waals surface area (Å²) in [4.78, 5) is 11.0. The van der Waals surface area contributed by atoms with Crippen LogP contribution in [-0.2, 0) is 4.79 Å². The molecule has 0 aliphatic carbocycles. The van der Waals surface area contributed by atoms with Crippen LogP contribution in [-0.4, -0.2) is 5.78 Å². The summed E-state index contributed by atoms with van der Waals surface area (Å²) in [5.41, 5.74) is 0. The SMILES string of the molecule is C.CC(C)C=CC(=O)C(C)C. The Morgan fingerprint density at radius 2 is 1.64 bits per heavy atom. The van der Waals surface area contributed by atoms with E-state index >= 15 is 0 Å². The van der Waals surface area contributed by atoms with Gasteiger partial charge in [0.15, 0.2) is 5.78 Å². The molecule has 0 aromatic carbocycles. The minimum absolute atomic E-state index is 0. The highest BCUT2D eigenvalue weighted by Gasteiger charge is 2.00. The Labute approximate surface area is 70.5 Å². The van der Waals surface area contributed by atoms with Gasteiger partial charge in [-0.2, -0.15) is 0 Å². The summed E-state index contributed by atoms with van der Waals surface area (Å²) < 4.78 is 0. The van der Waals surface area contributed by atoms with Crippen molar-refractivity contribution in [2.75, 3.05) is 0 Å². The standard InChI is InChI=1S/C9H16O.CH4/c1-7(2)5-6-9(10)8(3)4;/h5-8H,1-4H3;1H4. The normalized spacial score (nSPS) is 10.7. The smallest absolute Gasteiger partial charge is 0.157 e. The summed E-state index contributed by atoms with van der Waals surface area (Å²) in [6, 6.07) is 0. The van der Waals surface area contributed by atoms with Crippen molar-refractivity contribution < 1.29 is 4.79 Å². The first-order valence-corrected chi connectivity index (χ1v) is 3.76. The van der Waals surface area contributed by atoms with Crippen LogP contribution in [0, 0.1) is 11.8 Å². The quantitative estimate of drug-likeness (QED) is 0.574. The number of ketones is 1. The highest BCUT2D eigenvalue weighted by Crippen LogP contribution is 1.99. The van der Waals surface area contributed by atoms with Crippen LogP contribution in [0.15, 0.2) is 12.2 Å². The third-order valence-corrected chi connectivity index (χ3v) is 1.21. The molecule has 0 fully saturated rings. The van der Waals surface area contributed by atoms with E-state index in [-0.39, 0.29) is 19.1 Å². The number of carbonyl (C=O) groups is 1. The number of rotatable bonds is 3. The van der Waals surface area contributed by atoms with Gasteiger partial charge in [0.1, 0.15) is 0 Å². The summed E-state index contributed by atoms with van der Waals surface area (Å²) in [5.74, 6) is 0.825. The molecule has 0 unspecified atom stereocenters. The first kappa shape index (κ1) is 13.0. The zero-order valence-corrected chi connectivity index (χ0v) is 7.22. The maximum atomic E-state index is 11.0. The van der Waals surface area contributed by atoms with Gasteiger partial charge in [0, 0.05) is 5.92 Å². The predicted octanol–water partition coefficient (Wildman–Crippen LogP) is 3.06. The molecule has 0 heterocycles. The van der Waals surface area contributed by atoms with Crippen molar-refractivity contribution >= 4 is 5.78 Å². The molecular formula is C10H20O. The lowest BCUT2D eigenvalue weighted by Gasteiger charge is -1.97. The molecule has 1 heteroatoms. The molecule has 0 spiro atoms. The van der Waals surface area contributed by atoms with E-state index in [1.165, 1.54) is 0 Å². The highest BCUT2D eigenvalue weighted by atomic mass is 16.1. The van der Waals surface area contributed by atoms with E-state index in [4.69, 9.17) is 0 Å². The van der Waals surface area contributed by atoms with Gasteiger partial charge in [0.25, 0.3) is 0 Å². The lowest BCUT2D eigenvalue weighted by molar-refractivity contribution is -0.117. The predicted molar refractivity (Wildman–Crippen MR) is 50.6 cm³/mol. The van der Waals surface area contributed by atoms with Crippen molar-refractivity contribution in [1.82, 2.24) is 0 Å². The Hall–Kier alpha value is -0.590. The molecule has 0 aromatic heterocycles. The number of allylic oxidation sites excluding steroid dienone is 2. The Morgan fingerprint density at radius 1 is 1.18 bits per heavy atom. The fourth-order valence-electron chi connectivity index (χ4n) is 0.480. The van der Waals surface area contributed by atoms with Crippen LogP contribution >= 0.6 is 0 Å². The van der Waals surface area contributed by atoms with E-state index in [0.717, 1.165) is 0 Å². The van der Waals surface area contributed by atoms with Gasteiger partial charge in [-0.1, -0.05) is 41.2 Å². The van der Waals surface area contributed by atoms with Gasteiger partial charge in [-0.15, -0.1) is 0 Å². The average molecular weight is 156 g/mol. The van der Waals surface area contributed by atoms with E-state index in [2.05, 4.69) is 13.8 Å². The second kappa shape index (κ2) is 6.14. The number of hydrogen-bond donors (Lipinski definition) is 0. The Balaban J connectivity index is 0. The fourth-order valence-corrected chi connectivity index (χ4v) is 0.480. The van der Waals surface area contributed by atoms with Gasteiger partial charge >= 0.3 is 0 Å². The zero-order chi connectivity index (χ0) is 8.15. The molecule has 0 aromatic rings. The van der Waals surface area contributed by atoms with Crippen LogP contribution in [0.4, 0.5) is 0 Å². The molecule has 0 aliphatic heterocycles. The minimum Gasteiger partial charge on any atom is -0.295 e. The van der Waals surface area contributed by atoms with E-state index in [1.807, 2.05) is 19.9 Å². The average Bonchev–Trinajstić information content (AvgIpc) is 1.82. The highest BCUT2D eigenvalue weighted by molar-refractivity contribution is 5.91. The van der Waals surface area contributed by atoms with Crippen molar-refractivity contribution in [3.05, 3.63) is 12.2 Å². The Morgan fingerprint density at radius 3 is 1.91 bits per heavy atom. The monoisotopic (exact) mass is 156 g/mol. The maximum absolute atomic E-state index is 11.0. The molecule has 0 rings (SSSR count). The molecule has 0 radical (unpaired) electrons. The third kappa shape index (κ3) is 7.31. The summed E-state index contributed by atoms with van der Waals surface area (Å²) in [6.45, 7) is 7.94. The topological polar surface area (TPSA) is 17.1 Å². The second-order valence-electron chi connectivity index (χ2n) is 3.16. The number of carbonyl (C=O) groups excluding carboxylic acids is 1. The molecule has 66 valence electrons. The molecule has 0 saturated carbocycles. The molecular weight excluding hydrogens is 136 g/mol. The summed E-state index contributed by atoms with van der Waals surface area (Å²) in [6.07, 6.45) is 3.61. The van der Waals surface area contributed by atoms with E-state index in [1.54, 1.807) is 6.08 Å². The third-order valence-electron chi connectivity index (χ3n) is 1.21.